The van der Waals surface area contributed by atoms with Crippen LogP contribution in [0.5, 0.6) is 0 Å². The van der Waals surface area contributed by atoms with Crippen LogP contribution in [-0.2, 0) is 16.1 Å². The summed E-state index contributed by atoms with van der Waals surface area (Å²) in [6.45, 7) is 6.43. The third kappa shape index (κ3) is 6.80. The fourth-order valence-corrected chi connectivity index (χ4v) is 3.69. The lowest BCUT2D eigenvalue weighted by atomic mass is 10.0. The van der Waals surface area contributed by atoms with Crippen LogP contribution in [0.1, 0.15) is 44.7 Å². The van der Waals surface area contributed by atoms with Gasteiger partial charge in [-0.15, -0.1) is 0 Å². The predicted octanol–water partition coefficient (Wildman–Crippen LogP) is 1.52. The van der Waals surface area contributed by atoms with E-state index in [0.29, 0.717) is 42.3 Å². The molecular formula is C19H27N5O4S. The molecule has 4 N–H and O–H groups in total. The lowest BCUT2D eigenvalue weighted by Crippen LogP contribution is -2.46. The lowest BCUT2D eigenvalue weighted by molar-refractivity contribution is -0.115. The topological polar surface area (TPSA) is 142 Å². The number of carbonyl (C=O) groups excluding carboxylic acids is 2. The number of piperidine rings is 1. The van der Waals surface area contributed by atoms with Crippen molar-refractivity contribution in [3.05, 3.63) is 17.2 Å². The van der Waals surface area contributed by atoms with Crippen molar-refractivity contribution in [1.82, 2.24) is 10.3 Å². The van der Waals surface area contributed by atoms with Crippen LogP contribution in [0.2, 0.25) is 0 Å². The van der Waals surface area contributed by atoms with E-state index < -0.39 is 17.6 Å². The molecule has 2 rings (SSSR count). The number of hydrogen-bond donors (Lipinski definition) is 3. The summed E-state index contributed by atoms with van der Waals surface area (Å²) in [4.78, 5) is 29.6. The average Bonchev–Trinajstić information content (AvgIpc) is 2.64. The van der Waals surface area contributed by atoms with Gasteiger partial charge in [0.05, 0.1) is 17.9 Å². The maximum atomic E-state index is 11.9. The van der Waals surface area contributed by atoms with Crippen molar-refractivity contribution in [2.75, 3.05) is 23.7 Å². The minimum Gasteiger partial charge on any atom is -0.444 e. The Labute approximate surface area is 174 Å². The number of aliphatic hydroxyl groups excluding tert-OH is 1. The van der Waals surface area contributed by atoms with Crippen molar-refractivity contribution in [3.63, 3.8) is 0 Å². The molecule has 0 aromatic carbocycles. The normalized spacial score (nSPS) is 14.9. The Balaban J connectivity index is 2.08. The van der Waals surface area contributed by atoms with Gasteiger partial charge in [0, 0.05) is 24.7 Å². The number of pyridine rings is 1. The average molecular weight is 422 g/mol. The molecule has 2 amide bonds. The molecule has 10 heteroatoms. The number of aromatic nitrogens is 1. The molecule has 0 saturated carbocycles. The summed E-state index contributed by atoms with van der Waals surface area (Å²) in [7, 11) is 0. The van der Waals surface area contributed by atoms with E-state index >= 15 is 0 Å². The number of carbonyl (C=O) groups is 2. The molecule has 1 aromatic heterocycles. The van der Waals surface area contributed by atoms with Gasteiger partial charge in [0.15, 0.2) is 0 Å². The first-order valence-corrected chi connectivity index (χ1v) is 10.3. The third-order valence-corrected chi connectivity index (χ3v) is 5.23. The second-order valence-electron chi connectivity index (χ2n) is 7.75. The van der Waals surface area contributed by atoms with Gasteiger partial charge in [0.25, 0.3) is 0 Å². The number of aliphatic hydroxyl groups is 1. The first-order valence-electron chi connectivity index (χ1n) is 9.33. The van der Waals surface area contributed by atoms with E-state index in [0.717, 1.165) is 11.8 Å². The smallest absolute Gasteiger partial charge is 0.407 e. The number of rotatable bonds is 6. The molecule has 9 nitrogen and oxygen atoms in total. The van der Waals surface area contributed by atoms with Crippen LogP contribution in [0, 0.1) is 11.3 Å². The number of nitrogens with two attached hydrogens (primary N) is 1. The molecule has 0 spiro atoms. The fourth-order valence-electron chi connectivity index (χ4n) is 2.93. The van der Waals surface area contributed by atoms with Gasteiger partial charge in [-0.2, -0.15) is 5.26 Å². The van der Waals surface area contributed by atoms with Gasteiger partial charge in [0.2, 0.25) is 5.91 Å². The summed E-state index contributed by atoms with van der Waals surface area (Å²) < 4.78 is 5.29. The number of nitrogens with one attached hydrogen (secondary N) is 1. The van der Waals surface area contributed by atoms with E-state index in [1.54, 1.807) is 6.07 Å². The highest BCUT2D eigenvalue weighted by Crippen LogP contribution is 2.29. The lowest BCUT2D eigenvalue weighted by Gasteiger charge is -2.34. The van der Waals surface area contributed by atoms with Gasteiger partial charge in [-0.1, -0.05) is 11.8 Å². The predicted molar refractivity (Wildman–Crippen MR) is 109 cm³/mol. The number of ether oxygens (including phenoxy) is 1. The van der Waals surface area contributed by atoms with Crippen LogP contribution >= 0.6 is 11.8 Å². The molecule has 1 aromatic rings. The third-order valence-electron chi connectivity index (χ3n) is 4.23. The second kappa shape index (κ2) is 9.80. The van der Waals surface area contributed by atoms with Crippen LogP contribution in [0.25, 0.3) is 0 Å². The van der Waals surface area contributed by atoms with Gasteiger partial charge in [-0.05, 0) is 39.7 Å². The van der Waals surface area contributed by atoms with Crippen LogP contribution < -0.4 is 16.0 Å². The Kier molecular flexibility index (Phi) is 7.70. The van der Waals surface area contributed by atoms with E-state index in [1.807, 2.05) is 31.7 Å². The molecule has 0 atom stereocenters. The highest BCUT2D eigenvalue weighted by Gasteiger charge is 2.25. The summed E-state index contributed by atoms with van der Waals surface area (Å²) in [5.41, 5.74) is 5.37. The van der Waals surface area contributed by atoms with Crippen LogP contribution in [0.4, 0.5) is 10.6 Å². The highest BCUT2D eigenvalue weighted by molar-refractivity contribution is 8.00. The van der Waals surface area contributed by atoms with Gasteiger partial charge >= 0.3 is 6.09 Å². The Bertz CT molecular complexity index is 795. The number of thioether (sulfide) groups is 1. The van der Waals surface area contributed by atoms with E-state index in [-0.39, 0.29) is 24.0 Å². The SMILES string of the molecule is CC(C)(C)OC(=O)NC1CCN(c2cc(CO)c(C#N)c(SCC(N)=O)n2)CC1. The molecule has 0 aliphatic carbocycles. The molecule has 0 bridgehead atoms. The van der Waals surface area contributed by atoms with Gasteiger partial charge in [0.1, 0.15) is 22.5 Å². The van der Waals surface area contributed by atoms with Crippen molar-refractivity contribution in [2.45, 2.75) is 56.9 Å². The van der Waals surface area contributed by atoms with Gasteiger partial charge in [-0.3, -0.25) is 4.79 Å². The highest BCUT2D eigenvalue weighted by atomic mass is 32.2. The molecule has 0 unspecified atom stereocenters. The van der Waals surface area contributed by atoms with Gasteiger partial charge < -0.3 is 25.8 Å². The van der Waals surface area contributed by atoms with Crippen molar-refractivity contribution in [3.8, 4) is 6.07 Å². The number of nitrogens with zero attached hydrogens (tertiary/aromatic N) is 3. The van der Waals surface area contributed by atoms with E-state index in [1.165, 1.54) is 0 Å². The minimum absolute atomic E-state index is 0.000464. The monoisotopic (exact) mass is 421 g/mol. The first-order chi connectivity index (χ1) is 13.6. The molecule has 1 fully saturated rings. The zero-order valence-corrected chi connectivity index (χ0v) is 17.7. The quantitative estimate of drug-likeness (QED) is 0.587. The van der Waals surface area contributed by atoms with E-state index in [9.17, 15) is 20.0 Å². The number of primary amides is 1. The fraction of sp³-hybridized carbons (Fsp3) is 0.579. The van der Waals surface area contributed by atoms with Gasteiger partial charge in [-0.25, -0.2) is 9.78 Å². The molecule has 0 radical (unpaired) electrons. The summed E-state index contributed by atoms with van der Waals surface area (Å²) in [5, 5.41) is 22.3. The van der Waals surface area contributed by atoms with Crippen molar-refractivity contribution >= 4 is 29.6 Å². The first kappa shape index (κ1) is 22.8. The molecule has 29 heavy (non-hydrogen) atoms. The Hall–Kier alpha value is -2.51. The largest absolute Gasteiger partial charge is 0.444 e. The summed E-state index contributed by atoms with van der Waals surface area (Å²) in [5.74, 6) is 0.110. The Morgan fingerprint density at radius 2 is 2.10 bits per heavy atom. The van der Waals surface area contributed by atoms with E-state index in [2.05, 4.69) is 10.3 Å². The summed E-state index contributed by atoms with van der Waals surface area (Å²) >= 11 is 1.08. The van der Waals surface area contributed by atoms with Crippen molar-refractivity contribution in [1.29, 1.82) is 5.26 Å². The number of anilines is 1. The molecule has 158 valence electrons. The zero-order chi connectivity index (χ0) is 21.6. The standard InChI is InChI=1S/C19H27N5O4S/c1-19(2,3)28-18(27)22-13-4-6-24(7-5-13)16-8-12(10-25)14(9-20)17(23-16)29-11-15(21)26/h8,13,25H,4-7,10-11H2,1-3H3,(H2,21,26)(H,22,27). The Morgan fingerprint density at radius 3 is 2.62 bits per heavy atom. The summed E-state index contributed by atoms with van der Waals surface area (Å²) in [6.07, 6.45) is 0.985. The number of alkyl carbamates (subject to hydrolysis) is 1. The van der Waals surface area contributed by atoms with Crippen LogP contribution in [-0.4, -0.2) is 52.6 Å². The molecule has 1 saturated heterocycles. The molecule has 1 aliphatic heterocycles. The minimum atomic E-state index is -0.545. The maximum Gasteiger partial charge on any atom is 0.407 e. The number of hydrogen-bond acceptors (Lipinski definition) is 8. The number of nitriles is 1. The Morgan fingerprint density at radius 1 is 1.45 bits per heavy atom. The summed E-state index contributed by atoms with van der Waals surface area (Å²) in [6, 6.07) is 3.73. The maximum absolute atomic E-state index is 11.9. The second-order valence-corrected chi connectivity index (χ2v) is 8.72. The molecule has 2 heterocycles. The van der Waals surface area contributed by atoms with Crippen molar-refractivity contribution < 1.29 is 19.4 Å². The molecule has 1 aliphatic rings. The van der Waals surface area contributed by atoms with Crippen LogP contribution in [0.15, 0.2) is 11.1 Å². The number of amides is 2. The van der Waals surface area contributed by atoms with Crippen LogP contribution in [0.3, 0.4) is 0 Å². The van der Waals surface area contributed by atoms with E-state index in [4.69, 9.17) is 10.5 Å². The molecular weight excluding hydrogens is 394 g/mol. The van der Waals surface area contributed by atoms with Crippen molar-refractivity contribution in [2.24, 2.45) is 5.73 Å². The zero-order valence-electron chi connectivity index (χ0n) is 16.9.